The molecule has 4 aliphatic rings. The number of Topliss-reactive ketones (excluding diaryl/α,β-unsaturated/α-hetero) is 3. The van der Waals surface area contributed by atoms with Crippen LogP contribution in [0.3, 0.4) is 0 Å². The number of aliphatic hydroxyl groups is 1. The summed E-state index contributed by atoms with van der Waals surface area (Å²) in [4.78, 5) is 52.2. The second-order valence-electron chi connectivity index (χ2n) is 12.2. The first-order valence-corrected chi connectivity index (χ1v) is 12.4. The van der Waals surface area contributed by atoms with E-state index in [1.165, 1.54) is 7.11 Å². The molecule has 1 N–H and O–H groups in total. The Kier molecular flexibility index (Phi) is 5.67. The number of ether oxygens (including phenoxy) is 1. The summed E-state index contributed by atoms with van der Waals surface area (Å²) < 4.78 is 4.76. The third-order valence-corrected chi connectivity index (χ3v) is 10.4. The normalized spacial score (nSPS) is 41.0. The van der Waals surface area contributed by atoms with E-state index in [1.807, 2.05) is 27.7 Å². The van der Waals surface area contributed by atoms with Crippen molar-refractivity contribution in [1.82, 2.24) is 0 Å². The summed E-state index contributed by atoms with van der Waals surface area (Å²) in [7, 11) is 1.34. The Morgan fingerprint density at radius 1 is 1.09 bits per heavy atom. The summed E-state index contributed by atoms with van der Waals surface area (Å²) in [6.07, 6.45) is 1.40. The van der Waals surface area contributed by atoms with Crippen molar-refractivity contribution in [2.75, 3.05) is 7.11 Å². The third kappa shape index (κ3) is 3.03. The molecule has 0 aromatic carbocycles. The molecule has 0 saturated heterocycles. The van der Waals surface area contributed by atoms with Gasteiger partial charge in [0.15, 0.2) is 5.78 Å². The average Bonchev–Trinajstić information content (AvgIpc) is 2.97. The molecule has 0 unspecified atom stereocenters. The molecule has 0 spiro atoms. The highest BCUT2D eigenvalue weighted by atomic mass is 16.5. The van der Waals surface area contributed by atoms with Crippen LogP contribution in [-0.4, -0.2) is 41.6 Å². The summed E-state index contributed by atoms with van der Waals surface area (Å²) in [5.74, 6) is -0.578. The lowest BCUT2D eigenvalue weighted by molar-refractivity contribution is -0.146. The molecular formula is C28H38O6. The van der Waals surface area contributed by atoms with E-state index in [0.717, 1.165) is 5.57 Å². The van der Waals surface area contributed by atoms with Crippen LogP contribution in [0.5, 0.6) is 0 Å². The van der Waals surface area contributed by atoms with E-state index in [4.69, 9.17) is 4.74 Å². The predicted molar refractivity (Wildman–Crippen MR) is 127 cm³/mol. The Balaban J connectivity index is 1.83. The first-order chi connectivity index (χ1) is 15.7. The number of carbonyl (C=O) groups is 4. The molecule has 4 aliphatic carbocycles. The fourth-order valence-electron chi connectivity index (χ4n) is 8.18. The van der Waals surface area contributed by atoms with Crippen LogP contribution in [0, 0.1) is 33.5 Å². The summed E-state index contributed by atoms with van der Waals surface area (Å²) >= 11 is 0. The zero-order valence-corrected chi connectivity index (χ0v) is 21.4. The van der Waals surface area contributed by atoms with Gasteiger partial charge in [0.25, 0.3) is 0 Å². The standard InChI is InChI=1S/C28H38O6/c1-15(8-9-22(33)34-7)16-12-21(32)28(6)24-17(29)13-19-25(2,3)20(31)10-11-26(19,4)23(24)18(30)14-27(16,28)5/h16-17,19,29H,1,8-14H2,2-7H3/t16-,17+,19+,26+,27-,28+/m1/s1. The van der Waals surface area contributed by atoms with Crippen molar-refractivity contribution in [3.8, 4) is 0 Å². The molecule has 6 nitrogen and oxygen atoms in total. The van der Waals surface area contributed by atoms with Gasteiger partial charge in [0.2, 0.25) is 0 Å². The molecule has 0 bridgehead atoms. The fourth-order valence-corrected chi connectivity index (χ4v) is 8.18. The van der Waals surface area contributed by atoms with E-state index in [0.29, 0.717) is 36.8 Å². The molecule has 4 rings (SSSR count). The molecule has 34 heavy (non-hydrogen) atoms. The van der Waals surface area contributed by atoms with Gasteiger partial charge in [0.05, 0.1) is 18.6 Å². The van der Waals surface area contributed by atoms with Gasteiger partial charge < -0.3 is 9.84 Å². The smallest absolute Gasteiger partial charge is 0.305 e. The predicted octanol–water partition coefficient (Wildman–Crippen LogP) is 4.14. The van der Waals surface area contributed by atoms with Crippen molar-refractivity contribution in [1.29, 1.82) is 0 Å². The first-order valence-electron chi connectivity index (χ1n) is 12.4. The van der Waals surface area contributed by atoms with E-state index in [2.05, 4.69) is 13.5 Å². The van der Waals surface area contributed by atoms with E-state index < -0.39 is 27.8 Å². The maximum Gasteiger partial charge on any atom is 0.305 e. The maximum absolute atomic E-state index is 13.9. The number of hydrogen-bond donors (Lipinski definition) is 1. The molecular weight excluding hydrogens is 432 g/mol. The third-order valence-electron chi connectivity index (χ3n) is 10.4. The Labute approximate surface area is 202 Å². The van der Waals surface area contributed by atoms with E-state index in [-0.39, 0.29) is 54.4 Å². The molecule has 0 aromatic heterocycles. The van der Waals surface area contributed by atoms with Crippen molar-refractivity contribution in [2.24, 2.45) is 33.5 Å². The molecule has 186 valence electrons. The molecule has 6 heteroatoms. The van der Waals surface area contributed by atoms with Crippen LogP contribution in [0.2, 0.25) is 0 Å². The Morgan fingerprint density at radius 2 is 1.74 bits per heavy atom. The quantitative estimate of drug-likeness (QED) is 0.490. The monoisotopic (exact) mass is 470 g/mol. The summed E-state index contributed by atoms with van der Waals surface area (Å²) in [6.45, 7) is 14.0. The van der Waals surface area contributed by atoms with Crippen LogP contribution in [0.25, 0.3) is 0 Å². The molecule has 2 saturated carbocycles. The number of esters is 1. The van der Waals surface area contributed by atoms with Gasteiger partial charge in [0.1, 0.15) is 11.6 Å². The van der Waals surface area contributed by atoms with Gasteiger partial charge in [-0.3, -0.25) is 19.2 Å². The van der Waals surface area contributed by atoms with Crippen LogP contribution < -0.4 is 0 Å². The number of allylic oxidation sites excluding steroid dienone is 2. The number of aliphatic hydroxyl groups excluding tert-OH is 1. The van der Waals surface area contributed by atoms with Gasteiger partial charge in [-0.1, -0.05) is 39.8 Å². The van der Waals surface area contributed by atoms with Gasteiger partial charge in [-0.25, -0.2) is 0 Å². The zero-order chi connectivity index (χ0) is 25.4. The lowest BCUT2D eigenvalue weighted by Crippen LogP contribution is -2.59. The van der Waals surface area contributed by atoms with Gasteiger partial charge in [-0.2, -0.15) is 0 Å². The fraction of sp³-hybridized carbons (Fsp3) is 0.714. The number of hydrogen-bond acceptors (Lipinski definition) is 6. The highest BCUT2D eigenvalue weighted by Crippen LogP contribution is 2.70. The minimum absolute atomic E-state index is 0.0199. The largest absolute Gasteiger partial charge is 0.469 e. The van der Waals surface area contributed by atoms with Crippen LogP contribution in [-0.2, 0) is 23.9 Å². The molecule has 0 aromatic rings. The lowest BCUT2D eigenvalue weighted by atomic mass is 9.42. The minimum atomic E-state index is -0.992. The SMILES string of the molecule is C=C(CCC(=O)OC)[C@H]1CC(=O)[C@@]2(C)C3=C(C(=O)C[C@]12C)[C@@]1(C)CCC(=O)C(C)(C)[C@@H]1C[C@@H]3O. The van der Waals surface area contributed by atoms with Crippen molar-refractivity contribution in [3.63, 3.8) is 0 Å². The number of rotatable bonds is 4. The van der Waals surface area contributed by atoms with Gasteiger partial charge >= 0.3 is 5.97 Å². The highest BCUT2D eigenvalue weighted by Gasteiger charge is 2.70. The Hall–Kier alpha value is -2.08. The molecule has 2 fully saturated rings. The summed E-state index contributed by atoms with van der Waals surface area (Å²) in [5, 5.41) is 11.5. The highest BCUT2D eigenvalue weighted by molar-refractivity contribution is 6.05. The second-order valence-corrected chi connectivity index (χ2v) is 12.2. The number of ketones is 3. The Bertz CT molecular complexity index is 1030. The topological polar surface area (TPSA) is 97.7 Å². The van der Waals surface area contributed by atoms with Crippen LogP contribution in [0.1, 0.15) is 79.6 Å². The van der Waals surface area contributed by atoms with Gasteiger partial charge in [-0.15, -0.1) is 0 Å². The summed E-state index contributed by atoms with van der Waals surface area (Å²) in [5.41, 5.74) is -0.937. The van der Waals surface area contributed by atoms with Crippen LogP contribution in [0.15, 0.2) is 23.3 Å². The average molecular weight is 471 g/mol. The van der Waals surface area contributed by atoms with Gasteiger partial charge in [0, 0.05) is 42.1 Å². The van der Waals surface area contributed by atoms with E-state index in [9.17, 15) is 24.3 Å². The van der Waals surface area contributed by atoms with Crippen molar-refractivity contribution in [2.45, 2.75) is 85.7 Å². The number of carbonyl (C=O) groups excluding carboxylic acids is 4. The Morgan fingerprint density at radius 3 is 2.35 bits per heavy atom. The minimum Gasteiger partial charge on any atom is -0.469 e. The lowest BCUT2D eigenvalue weighted by Gasteiger charge is -2.60. The van der Waals surface area contributed by atoms with Crippen molar-refractivity contribution in [3.05, 3.63) is 23.3 Å². The van der Waals surface area contributed by atoms with E-state index >= 15 is 0 Å². The maximum atomic E-state index is 13.9. The van der Waals surface area contributed by atoms with Gasteiger partial charge in [-0.05, 0) is 49.0 Å². The van der Waals surface area contributed by atoms with Crippen LogP contribution >= 0.6 is 0 Å². The van der Waals surface area contributed by atoms with Crippen LogP contribution in [0.4, 0.5) is 0 Å². The molecule has 6 atom stereocenters. The van der Waals surface area contributed by atoms with Crippen molar-refractivity contribution >= 4 is 23.3 Å². The second kappa shape index (κ2) is 7.71. The zero-order valence-electron chi connectivity index (χ0n) is 21.4. The molecule has 0 amide bonds. The van der Waals surface area contributed by atoms with Crippen molar-refractivity contribution < 1.29 is 29.0 Å². The first kappa shape index (κ1) is 25.0. The van der Waals surface area contributed by atoms with E-state index in [1.54, 1.807) is 0 Å². The molecule has 0 aliphatic heterocycles. The molecule has 0 heterocycles. The summed E-state index contributed by atoms with van der Waals surface area (Å²) in [6, 6.07) is 0. The molecule has 0 radical (unpaired) electrons. The number of methoxy groups -OCH3 is 1. The number of fused-ring (bicyclic) bond motifs is 4.